The third kappa shape index (κ3) is 3.59. The van der Waals surface area contributed by atoms with Crippen LogP contribution in [0.5, 0.6) is 0 Å². The predicted molar refractivity (Wildman–Crippen MR) is 106 cm³/mol. The molecule has 1 saturated heterocycles. The van der Waals surface area contributed by atoms with E-state index in [9.17, 15) is 4.79 Å². The molecule has 4 rings (SSSR count). The van der Waals surface area contributed by atoms with Crippen molar-refractivity contribution in [1.29, 1.82) is 0 Å². The lowest BCUT2D eigenvalue weighted by Crippen LogP contribution is -2.48. The number of fused-ring (bicyclic) bond motifs is 1. The summed E-state index contributed by atoms with van der Waals surface area (Å²) in [5.74, 6) is 0.0488. The molecule has 1 aliphatic heterocycles. The zero-order valence-corrected chi connectivity index (χ0v) is 14.6. The molecule has 26 heavy (non-hydrogen) atoms. The van der Waals surface area contributed by atoms with E-state index >= 15 is 0 Å². The van der Waals surface area contributed by atoms with Gasteiger partial charge in [-0.25, -0.2) is 4.98 Å². The fourth-order valence-corrected chi connectivity index (χ4v) is 3.26. The van der Waals surface area contributed by atoms with Crippen LogP contribution in [0.1, 0.15) is 5.69 Å². The molecule has 2 heterocycles. The number of para-hydroxylation sites is 2. The van der Waals surface area contributed by atoms with Gasteiger partial charge in [0, 0.05) is 43.3 Å². The Labute approximate surface area is 153 Å². The van der Waals surface area contributed by atoms with Gasteiger partial charge in [-0.05, 0) is 30.3 Å². The van der Waals surface area contributed by atoms with Crippen LogP contribution >= 0.6 is 0 Å². The van der Waals surface area contributed by atoms with E-state index in [0.717, 1.165) is 42.8 Å². The average molecular weight is 343 g/mol. The summed E-state index contributed by atoms with van der Waals surface area (Å²) in [6, 6.07) is 22.3. The number of anilines is 1. The highest BCUT2D eigenvalue weighted by Gasteiger charge is 2.19. The van der Waals surface area contributed by atoms with Gasteiger partial charge >= 0.3 is 0 Å². The first-order valence-corrected chi connectivity index (χ1v) is 8.92. The molecule has 0 spiro atoms. The van der Waals surface area contributed by atoms with E-state index < -0.39 is 0 Å². The summed E-state index contributed by atoms with van der Waals surface area (Å²) in [5.41, 5.74) is 2.97. The van der Waals surface area contributed by atoms with Crippen molar-refractivity contribution in [3.63, 3.8) is 0 Å². The van der Waals surface area contributed by atoms with Crippen molar-refractivity contribution in [2.75, 3.05) is 31.1 Å². The number of carbonyl (C=O) groups excluding carboxylic acids is 1. The van der Waals surface area contributed by atoms with Gasteiger partial charge in [0.05, 0.1) is 11.2 Å². The highest BCUT2D eigenvalue weighted by molar-refractivity contribution is 5.92. The predicted octanol–water partition coefficient (Wildman–Crippen LogP) is 3.60. The quantitative estimate of drug-likeness (QED) is 0.682. The summed E-state index contributed by atoms with van der Waals surface area (Å²) in [4.78, 5) is 21.3. The van der Waals surface area contributed by atoms with E-state index in [1.807, 2.05) is 59.5 Å². The minimum Gasteiger partial charge on any atom is -0.368 e. The van der Waals surface area contributed by atoms with Crippen LogP contribution in [0, 0.1) is 0 Å². The topological polar surface area (TPSA) is 36.4 Å². The molecule has 0 bridgehead atoms. The van der Waals surface area contributed by atoms with Crippen molar-refractivity contribution in [3.05, 3.63) is 78.5 Å². The molecule has 0 unspecified atom stereocenters. The Morgan fingerprint density at radius 3 is 2.38 bits per heavy atom. The lowest BCUT2D eigenvalue weighted by molar-refractivity contribution is -0.126. The Morgan fingerprint density at radius 2 is 1.58 bits per heavy atom. The molecular formula is C22H21N3O. The number of benzene rings is 2. The number of carbonyl (C=O) groups is 1. The van der Waals surface area contributed by atoms with Gasteiger partial charge < -0.3 is 9.80 Å². The Kier molecular flexibility index (Phi) is 4.65. The Hall–Kier alpha value is -3.14. The molecule has 0 saturated carbocycles. The van der Waals surface area contributed by atoms with Crippen LogP contribution in [0.3, 0.4) is 0 Å². The first-order valence-electron chi connectivity index (χ1n) is 8.92. The van der Waals surface area contributed by atoms with E-state index in [-0.39, 0.29) is 5.91 Å². The SMILES string of the molecule is O=C(/C=C/c1ccc2ccccc2n1)N1CCN(c2ccccc2)CC1. The lowest BCUT2D eigenvalue weighted by Gasteiger charge is -2.35. The largest absolute Gasteiger partial charge is 0.368 e. The van der Waals surface area contributed by atoms with E-state index in [1.54, 1.807) is 12.2 Å². The smallest absolute Gasteiger partial charge is 0.246 e. The fourth-order valence-electron chi connectivity index (χ4n) is 3.26. The number of hydrogen-bond donors (Lipinski definition) is 0. The number of piperazine rings is 1. The van der Waals surface area contributed by atoms with Gasteiger partial charge in [0.25, 0.3) is 0 Å². The molecule has 1 aromatic heterocycles. The Morgan fingerprint density at radius 1 is 0.846 bits per heavy atom. The minimum absolute atomic E-state index is 0.0488. The van der Waals surface area contributed by atoms with Crippen molar-refractivity contribution >= 4 is 28.6 Å². The summed E-state index contributed by atoms with van der Waals surface area (Å²) >= 11 is 0. The second kappa shape index (κ2) is 7.40. The van der Waals surface area contributed by atoms with Crippen LogP contribution in [0.4, 0.5) is 5.69 Å². The van der Waals surface area contributed by atoms with Gasteiger partial charge in [-0.15, -0.1) is 0 Å². The van der Waals surface area contributed by atoms with Crippen molar-refractivity contribution in [1.82, 2.24) is 9.88 Å². The van der Waals surface area contributed by atoms with E-state index in [4.69, 9.17) is 0 Å². The molecular weight excluding hydrogens is 322 g/mol. The number of nitrogens with zero attached hydrogens (tertiary/aromatic N) is 3. The standard InChI is InChI=1S/C22H21N3O/c26-22(13-12-19-11-10-18-6-4-5-9-21(18)23-19)25-16-14-24(15-17-25)20-7-2-1-3-8-20/h1-13H,14-17H2/b13-12+. The van der Waals surface area contributed by atoms with Crippen LogP contribution in [-0.2, 0) is 4.79 Å². The Bertz CT molecular complexity index is 928. The maximum absolute atomic E-state index is 12.5. The number of rotatable bonds is 3. The highest BCUT2D eigenvalue weighted by Crippen LogP contribution is 2.16. The summed E-state index contributed by atoms with van der Waals surface area (Å²) in [7, 11) is 0. The van der Waals surface area contributed by atoms with Crippen LogP contribution < -0.4 is 4.90 Å². The number of aromatic nitrogens is 1. The zero-order chi connectivity index (χ0) is 17.8. The summed E-state index contributed by atoms with van der Waals surface area (Å²) in [6.45, 7) is 3.20. The third-order valence-corrected chi connectivity index (χ3v) is 4.73. The van der Waals surface area contributed by atoms with Crippen LogP contribution in [0.2, 0.25) is 0 Å². The van der Waals surface area contributed by atoms with Crippen LogP contribution in [0.15, 0.2) is 72.8 Å². The molecule has 1 aliphatic rings. The maximum atomic E-state index is 12.5. The minimum atomic E-state index is 0.0488. The Balaban J connectivity index is 1.38. The van der Waals surface area contributed by atoms with Gasteiger partial charge in [-0.3, -0.25) is 4.79 Å². The lowest BCUT2D eigenvalue weighted by atomic mass is 10.2. The summed E-state index contributed by atoms with van der Waals surface area (Å²) in [5, 5.41) is 1.10. The summed E-state index contributed by atoms with van der Waals surface area (Å²) in [6.07, 6.45) is 3.44. The number of pyridine rings is 1. The third-order valence-electron chi connectivity index (χ3n) is 4.73. The molecule has 0 atom stereocenters. The molecule has 0 N–H and O–H groups in total. The van der Waals surface area contributed by atoms with Crippen molar-refractivity contribution in [2.24, 2.45) is 0 Å². The van der Waals surface area contributed by atoms with Gasteiger partial charge in [-0.2, -0.15) is 0 Å². The van der Waals surface area contributed by atoms with Gasteiger partial charge in [0.15, 0.2) is 0 Å². The normalized spacial score (nSPS) is 14.9. The van der Waals surface area contributed by atoms with Gasteiger partial charge in [0.2, 0.25) is 5.91 Å². The number of hydrogen-bond acceptors (Lipinski definition) is 3. The molecule has 1 amide bonds. The molecule has 4 heteroatoms. The van der Waals surface area contributed by atoms with Crippen molar-refractivity contribution < 1.29 is 4.79 Å². The molecule has 0 radical (unpaired) electrons. The second-order valence-electron chi connectivity index (χ2n) is 6.41. The van der Waals surface area contributed by atoms with Gasteiger partial charge in [-0.1, -0.05) is 42.5 Å². The van der Waals surface area contributed by atoms with Crippen LogP contribution in [-0.4, -0.2) is 42.0 Å². The zero-order valence-electron chi connectivity index (χ0n) is 14.6. The molecule has 3 aromatic rings. The fraction of sp³-hybridized carbons (Fsp3) is 0.182. The van der Waals surface area contributed by atoms with E-state index in [2.05, 4.69) is 22.0 Å². The summed E-state index contributed by atoms with van der Waals surface area (Å²) < 4.78 is 0. The average Bonchev–Trinajstić information content (AvgIpc) is 2.72. The molecule has 2 aromatic carbocycles. The number of amides is 1. The molecule has 0 aliphatic carbocycles. The van der Waals surface area contributed by atoms with Crippen molar-refractivity contribution in [3.8, 4) is 0 Å². The molecule has 4 nitrogen and oxygen atoms in total. The highest BCUT2D eigenvalue weighted by atomic mass is 16.2. The first-order chi connectivity index (χ1) is 12.8. The monoisotopic (exact) mass is 343 g/mol. The molecule has 1 fully saturated rings. The van der Waals surface area contributed by atoms with Crippen LogP contribution in [0.25, 0.3) is 17.0 Å². The maximum Gasteiger partial charge on any atom is 0.246 e. The van der Waals surface area contributed by atoms with E-state index in [1.165, 1.54) is 5.69 Å². The second-order valence-corrected chi connectivity index (χ2v) is 6.41. The molecule has 130 valence electrons. The van der Waals surface area contributed by atoms with E-state index in [0.29, 0.717) is 0 Å². The van der Waals surface area contributed by atoms with Crippen molar-refractivity contribution in [2.45, 2.75) is 0 Å². The first kappa shape index (κ1) is 16.3. The van der Waals surface area contributed by atoms with Gasteiger partial charge in [0.1, 0.15) is 0 Å².